The Morgan fingerprint density at radius 2 is 1.68 bits per heavy atom. The molecule has 1 aliphatic rings. The van der Waals surface area contributed by atoms with E-state index in [0.717, 1.165) is 18.2 Å². The van der Waals surface area contributed by atoms with Crippen molar-refractivity contribution in [2.45, 2.75) is 20.0 Å². The molecule has 118 valence electrons. The van der Waals surface area contributed by atoms with E-state index in [2.05, 4.69) is 4.84 Å². The zero-order valence-corrected chi connectivity index (χ0v) is 11.7. The van der Waals surface area contributed by atoms with Gasteiger partial charge in [0, 0.05) is 0 Å². The Morgan fingerprint density at radius 1 is 1.14 bits per heavy atom. The third-order valence-corrected chi connectivity index (χ3v) is 3.53. The van der Waals surface area contributed by atoms with Gasteiger partial charge in [-0.1, -0.05) is 19.9 Å². The summed E-state index contributed by atoms with van der Waals surface area (Å²) >= 11 is 0. The molecular formula is C14H12F3NO4. The summed E-state index contributed by atoms with van der Waals surface area (Å²) in [5, 5.41) is 0.317. The minimum absolute atomic E-state index is 0.317. The number of amides is 2. The molecule has 1 aromatic rings. The molecule has 0 saturated carbocycles. The van der Waals surface area contributed by atoms with E-state index in [1.165, 1.54) is 13.8 Å². The second kappa shape index (κ2) is 5.43. The molecule has 0 aliphatic carbocycles. The van der Waals surface area contributed by atoms with Gasteiger partial charge in [-0.25, -0.2) is 4.79 Å². The lowest BCUT2D eigenvalue weighted by Gasteiger charge is -2.14. The van der Waals surface area contributed by atoms with E-state index in [1.807, 2.05) is 0 Å². The molecule has 0 spiro atoms. The third-order valence-electron chi connectivity index (χ3n) is 3.53. The Morgan fingerprint density at radius 3 is 2.18 bits per heavy atom. The summed E-state index contributed by atoms with van der Waals surface area (Å²) in [6, 6.07) is 3.54. The zero-order chi connectivity index (χ0) is 16.7. The molecule has 8 heteroatoms. The highest BCUT2D eigenvalue weighted by molar-refractivity contribution is 6.05. The highest BCUT2D eigenvalue weighted by atomic mass is 19.4. The third kappa shape index (κ3) is 2.81. The minimum Gasteiger partial charge on any atom is -0.325 e. The van der Waals surface area contributed by atoms with Crippen LogP contribution in [0.5, 0.6) is 0 Å². The lowest BCUT2D eigenvalue weighted by atomic mass is 10.00. The number of carbonyl (C=O) groups is 3. The van der Waals surface area contributed by atoms with E-state index in [4.69, 9.17) is 0 Å². The first-order valence-electron chi connectivity index (χ1n) is 6.40. The lowest BCUT2D eigenvalue weighted by Crippen LogP contribution is -2.33. The van der Waals surface area contributed by atoms with E-state index in [-0.39, 0.29) is 0 Å². The van der Waals surface area contributed by atoms with Gasteiger partial charge in [0.1, 0.15) is 0 Å². The SMILES string of the molecule is CC1C(=O)N(OC(=O)c2cccc(C(F)(F)F)c2)C(=O)C1C. The van der Waals surface area contributed by atoms with Gasteiger partial charge in [-0.3, -0.25) is 9.59 Å². The van der Waals surface area contributed by atoms with E-state index in [1.54, 1.807) is 0 Å². The number of benzene rings is 1. The van der Waals surface area contributed by atoms with Crippen molar-refractivity contribution in [1.82, 2.24) is 5.06 Å². The van der Waals surface area contributed by atoms with Crippen molar-refractivity contribution in [1.29, 1.82) is 0 Å². The zero-order valence-electron chi connectivity index (χ0n) is 11.7. The van der Waals surface area contributed by atoms with Crippen molar-refractivity contribution in [2.24, 2.45) is 11.8 Å². The van der Waals surface area contributed by atoms with Crippen LogP contribution in [0.25, 0.3) is 0 Å². The molecule has 1 aromatic carbocycles. The van der Waals surface area contributed by atoms with Crippen LogP contribution >= 0.6 is 0 Å². The molecule has 22 heavy (non-hydrogen) atoms. The molecule has 2 amide bonds. The van der Waals surface area contributed by atoms with Crippen LogP contribution in [0.2, 0.25) is 0 Å². The number of hydrogen-bond donors (Lipinski definition) is 0. The molecule has 2 unspecified atom stereocenters. The predicted octanol–water partition coefficient (Wildman–Crippen LogP) is 2.42. The number of rotatable bonds is 2. The Labute approximate surface area is 123 Å². The first-order valence-corrected chi connectivity index (χ1v) is 6.40. The summed E-state index contributed by atoms with van der Waals surface area (Å²) in [5.74, 6) is -3.90. The molecule has 5 nitrogen and oxygen atoms in total. The molecule has 0 aromatic heterocycles. The Hall–Kier alpha value is -2.38. The number of imide groups is 1. The summed E-state index contributed by atoms with van der Waals surface area (Å²) in [6.07, 6.45) is -4.61. The van der Waals surface area contributed by atoms with E-state index in [0.29, 0.717) is 11.1 Å². The van der Waals surface area contributed by atoms with Crippen LogP contribution in [0.4, 0.5) is 13.2 Å². The molecule has 1 saturated heterocycles. The van der Waals surface area contributed by atoms with Crippen LogP contribution in [0.3, 0.4) is 0 Å². The lowest BCUT2D eigenvalue weighted by molar-refractivity contribution is -0.174. The smallest absolute Gasteiger partial charge is 0.325 e. The van der Waals surface area contributed by atoms with Gasteiger partial charge >= 0.3 is 12.1 Å². The summed E-state index contributed by atoms with van der Waals surface area (Å²) in [6.45, 7) is 3.01. The average Bonchev–Trinajstić information content (AvgIpc) is 2.64. The largest absolute Gasteiger partial charge is 0.416 e. The number of halogens is 3. The summed E-state index contributed by atoms with van der Waals surface area (Å²) < 4.78 is 37.8. The predicted molar refractivity (Wildman–Crippen MR) is 67.0 cm³/mol. The molecule has 1 aliphatic heterocycles. The second-order valence-electron chi connectivity index (χ2n) is 5.01. The molecule has 0 radical (unpaired) electrons. The molecule has 1 heterocycles. The topological polar surface area (TPSA) is 63.7 Å². The van der Waals surface area contributed by atoms with Crippen molar-refractivity contribution in [3.05, 3.63) is 35.4 Å². The summed E-state index contributed by atoms with van der Waals surface area (Å²) in [4.78, 5) is 40.0. The van der Waals surface area contributed by atoms with Crippen LogP contribution < -0.4 is 0 Å². The van der Waals surface area contributed by atoms with Gasteiger partial charge in [0.05, 0.1) is 23.0 Å². The van der Waals surface area contributed by atoms with Gasteiger partial charge in [0.25, 0.3) is 11.8 Å². The maximum atomic E-state index is 12.6. The first-order chi connectivity index (χ1) is 10.1. The van der Waals surface area contributed by atoms with Crippen molar-refractivity contribution >= 4 is 17.8 Å². The first kappa shape index (κ1) is 16.0. The molecule has 2 rings (SSSR count). The van der Waals surface area contributed by atoms with Crippen molar-refractivity contribution in [3.63, 3.8) is 0 Å². The van der Waals surface area contributed by atoms with Crippen LogP contribution in [-0.4, -0.2) is 22.8 Å². The highest BCUT2D eigenvalue weighted by Crippen LogP contribution is 2.30. The van der Waals surface area contributed by atoms with Crippen molar-refractivity contribution < 1.29 is 32.4 Å². The number of carbonyl (C=O) groups excluding carboxylic acids is 3. The Bertz CT molecular complexity index is 621. The monoisotopic (exact) mass is 315 g/mol. The van der Waals surface area contributed by atoms with Crippen LogP contribution in [0, 0.1) is 11.8 Å². The summed E-state index contributed by atoms with van der Waals surface area (Å²) in [7, 11) is 0. The standard InChI is InChI=1S/C14H12F3NO4/c1-7-8(2)12(20)18(11(7)19)22-13(21)9-4-3-5-10(6-9)14(15,16)17/h3-8H,1-2H3. The van der Waals surface area contributed by atoms with Gasteiger partial charge in [0.15, 0.2) is 0 Å². The quantitative estimate of drug-likeness (QED) is 0.786. The van der Waals surface area contributed by atoms with Gasteiger partial charge in [-0.15, -0.1) is 5.06 Å². The van der Waals surface area contributed by atoms with Crippen LogP contribution in [0.1, 0.15) is 29.8 Å². The normalized spacial score (nSPS) is 22.1. The average molecular weight is 315 g/mol. The van der Waals surface area contributed by atoms with Crippen LogP contribution in [-0.2, 0) is 20.6 Å². The van der Waals surface area contributed by atoms with Gasteiger partial charge < -0.3 is 4.84 Å². The maximum Gasteiger partial charge on any atom is 0.416 e. The van der Waals surface area contributed by atoms with E-state index < -0.39 is 46.9 Å². The number of hydroxylamine groups is 2. The second-order valence-corrected chi connectivity index (χ2v) is 5.01. The molecule has 2 atom stereocenters. The number of alkyl halides is 3. The molecule has 0 N–H and O–H groups in total. The van der Waals surface area contributed by atoms with Gasteiger partial charge in [-0.2, -0.15) is 13.2 Å². The van der Waals surface area contributed by atoms with E-state index >= 15 is 0 Å². The fraction of sp³-hybridized carbons (Fsp3) is 0.357. The van der Waals surface area contributed by atoms with Crippen LogP contribution in [0.15, 0.2) is 24.3 Å². The maximum absolute atomic E-state index is 12.6. The highest BCUT2D eigenvalue weighted by Gasteiger charge is 2.45. The number of nitrogens with zero attached hydrogens (tertiary/aromatic N) is 1. The molecular weight excluding hydrogens is 303 g/mol. The Kier molecular flexibility index (Phi) is 3.95. The van der Waals surface area contributed by atoms with E-state index in [9.17, 15) is 27.6 Å². The fourth-order valence-electron chi connectivity index (χ4n) is 1.95. The van der Waals surface area contributed by atoms with Gasteiger partial charge in [0.2, 0.25) is 0 Å². The Balaban J connectivity index is 2.20. The van der Waals surface area contributed by atoms with Crippen molar-refractivity contribution in [3.8, 4) is 0 Å². The minimum atomic E-state index is -4.61. The molecule has 1 fully saturated rings. The summed E-state index contributed by atoms with van der Waals surface area (Å²) in [5.41, 5.74) is -1.43. The molecule has 0 bridgehead atoms. The fourth-order valence-corrected chi connectivity index (χ4v) is 1.95. The van der Waals surface area contributed by atoms with Gasteiger partial charge in [-0.05, 0) is 18.2 Å². The van der Waals surface area contributed by atoms with Crippen molar-refractivity contribution in [2.75, 3.05) is 0 Å². The number of hydrogen-bond acceptors (Lipinski definition) is 4.